The molecule has 0 aliphatic carbocycles. The fourth-order valence-electron chi connectivity index (χ4n) is 1.44. The molecule has 0 bridgehead atoms. The summed E-state index contributed by atoms with van der Waals surface area (Å²) in [5.41, 5.74) is 2.24. The fraction of sp³-hybridized carbons (Fsp3) is 0.182. The van der Waals surface area contributed by atoms with E-state index in [1.807, 2.05) is 0 Å². The van der Waals surface area contributed by atoms with Crippen LogP contribution in [0, 0.1) is 0 Å². The van der Waals surface area contributed by atoms with Gasteiger partial charge in [0.2, 0.25) is 0 Å². The lowest BCUT2D eigenvalue weighted by molar-refractivity contribution is -0.0328. The van der Waals surface area contributed by atoms with Crippen LogP contribution >= 0.6 is 11.8 Å². The third kappa shape index (κ3) is 3.43. The Morgan fingerprint density at radius 3 is 2.33 bits per heavy atom. The van der Waals surface area contributed by atoms with Crippen LogP contribution in [0.25, 0.3) is 0 Å². The predicted molar refractivity (Wildman–Crippen MR) is 64.1 cm³/mol. The van der Waals surface area contributed by atoms with Crippen LogP contribution in [0.3, 0.4) is 0 Å². The Kier molecular flexibility index (Phi) is 3.51. The van der Waals surface area contributed by atoms with Crippen LogP contribution in [0.5, 0.6) is 0 Å². The van der Waals surface area contributed by atoms with Crippen molar-refractivity contribution in [1.82, 2.24) is 9.78 Å². The second kappa shape index (κ2) is 4.93. The van der Waals surface area contributed by atoms with Gasteiger partial charge in [0.1, 0.15) is 5.82 Å². The average molecular weight is 273 g/mol. The van der Waals surface area contributed by atoms with Crippen molar-refractivity contribution in [2.45, 2.75) is 16.9 Å². The van der Waals surface area contributed by atoms with E-state index in [-0.39, 0.29) is 16.7 Å². The normalized spacial score (nSPS) is 11.7. The summed E-state index contributed by atoms with van der Waals surface area (Å²) in [5.74, 6) is 0.517. The summed E-state index contributed by atoms with van der Waals surface area (Å²) < 4.78 is 38.0. The summed E-state index contributed by atoms with van der Waals surface area (Å²) in [6.45, 7) is 0.440. The topological polar surface area (TPSA) is 43.8 Å². The van der Waals surface area contributed by atoms with E-state index in [4.69, 9.17) is 5.73 Å². The molecule has 2 N–H and O–H groups in total. The zero-order chi connectivity index (χ0) is 13.2. The molecule has 1 aromatic heterocycles. The first-order valence-electron chi connectivity index (χ1n) is 5.06. The maximum absolute atomic E-state index is 12.1. The van der Waals surface area contributed by atoms with E-state index < -0.39 is 5.51 Å². The number of hydrogen-bond donors (Lipinski definition) is 1. The highest BCUT2D eigenvalue weighted by atomic mass is 32.2. The zero-order valence-corrected chi connectivity index (χ0v) is 10.0. The van der Waals surface area contributed by atoms with Crippen LogP contribution in [0.15, 0.2) is 41.4 Å². The maximum atomic E-state index is 12.1. The second-order valence-corrected chi connectivity index (χ2v) is 4.74. The lowest BCUT2D eigenvalue weighted by Gasteiger charge is -2.07. The Labute approximate surface area is 106 Å². The molecular formula is C11H10F3N3S. The van der Waals surface area contributed by atoms with Gasteiger partial charge in [-0.1, -0.05) is 12.1 Å². The van der Waals surface area contributed by atoms with Gasteiger partial charge in [-0.3, -0.25) is 0 Å². The van der Waals surface area contributed by atoms with Crippen molar-refractivity contribution in [3.8, 4) is 0 Å². The van der Waals surface area contributed by atoms with E-state index in [9.17, 15) is 13.2 Å². The zero-order valence-electron chi connectivity index (χ0n) is 9.19. The number of aromatic nitrogens is 2. The quantitative estimate of drug-likeness (QED) is 0.874. The lowest BCUT2D eigenvalue weighted by atomic mass is 10.2. The minimum absolute atomic E-state index is 0.127. The van der Waals surface area contributed by atoms with Crippen molar-refractivity contribution < 1.29 is 13.2 Å². The molecule has 1 heterocycles. The number of hydrogen-bond acceptors (Lipinski definition) is 3. The van der Waals surface area contributed by atoms with Crippen LogP contribution in [-0.2, 0) is 6.54 Å². The van der Waals surface area contributed by atoms with Crippen LogP contribution in [0.1, 0.15) is 5.56 Å². The molecule has 0 spiro atoms. The largest absolute Gasteiger partial charge is 0.446 e. The Morgan fingerprint density at radius 2 is 1.83 bits per heavy atom. The second-order valence-electron chi connectivity index (χ2n) is 3.61. The minimum atomic E-state index is -4.26. The van der Waals surface area contributed by atoms with E-state index in [1.54, 1.807) is 29.1 Å². The molecule has 0 aliphatic heterocycles. The van der Waals surface area contributed by atoms with Gasteiger partial charge in [-0.25, -0.2) is 4.68 Å². The molecule has 2 aromatic rings. The highest BCUT2D eigenvalue weighted by Gasteiger charge is 2.28. The van der Waals surface area contributed by atoms with Gasteiger partial charge in [0.15, 0.2) is 0 Å². The highest BCUT2D eigenvalue weighted by Crippen LogP contribution is 2.36. The van der Waals surface area contributed by atoms with Gasteiger partial charge in [-0.05, 0) is 35.5 Å². The molecule has 1 aromatic carbocycles. The summed E-state index contributed by atoms with van der Waals surface area (Å²) in [6.07, 6.45) is 1.57. The molecule has 0 saturated heterocycles. The number of halogens is 3. The molecule has 3 nitrogen and oxygen atoms in total. The van der Waals surface area contributed by atoms with Gasteiger partial charge >= 0.3 is 5.51 Å². The molecule has 0 aliphatic rings. The van der Waals surface area contributed by atoms with Crippen molar-refractivity contribution >= 4 is 17.6 Å². The molecule has 0 atom stereocenters. The Morgan fingerprint density at radius 1 is 1.17 bits per heavy atom. The van der Waals surface area contributed by atoms with Crippen molar-refractivity contribution in [2.75, 3.05) is 5.73 Å². The molecule has 0 radical (unpaired) electrons. The molecule has 0 amide bonds. The third-order valence-electron chi connectivity index (χ3n) is 2.24. The number of benzene rings is 1. The Bertz CT molecular complexity index is 519. The third-order valence-corrected chi connectivity index (χ3v) is 2.98. The molecule has 18 heavy (non-hydrogen) atoms. The average Bonchev–Trinajstić information content (AvgIpc) is 2.65. The highest BCUT2D eigenvalue weighted by molar-refractivity contribution is 8.00. The maximum Gasteiger partial charge on any atom is 0.446 e. The SMILES string of the molecule is Nc1ccnn1Cc1ccc(SC(F)(F)F)cc1. The van der Waals surface area contributed by atoms with Crippen molar-refractivity contribution in [1.29, 1.82) is 0 Å². The molecule has 0 unspecified atom stereocenters. The summed E-state index contributed by atoms with van der Waals surface area (Å²) in [5, 5.41) is 4.00. The monoisotopic (exact) mass is 273 g/mol. The predicted octanol–water partition coefficient (Wildman–Crippen LogP) is 3.13. The van der Waals surface area contributed by atoms with Gasteiger partial charge < -0.3 is 5.73 Å². The van der Waals surface area contributed by atoms with Gasteiger partial charge in [-0.15, -0.1) is 0 Å². The fourth-order valence-corrected chi connectivity index (χ4v) is 1.98. The van der Waals surface area contributed by atoms with E-state index in [1.165, 1.54) is 12.1 Å². The smallest absolute Gasteiger partial charge is 0.384 e. The van der Waals surface area contributed by atoms with Crippen LogP contribution < -0.4 is 5.73 Å². The molecular weight excluding hydrogens is 263 g/mol. The number of alkyl halides is 3. The standard InChI is InChI=1S/C11H10F3N3S/c12-11(13,14)18-9-3-1-8(2-4-9)7-17-10(15)5-6-16-17/h1-6H,7,15H2. The van der Waals surface area contributed by atoms with Crippen molar-refractivity contribution in [3.63, 3.8) is 0 Å². The molecule has 0 saturated carbocycles. The lowest BCUT2D eigenvalue weighted by Crippen LogP contribution is -2.05. The van der Waals surface area contributed by atoms with E-state index in [2.05, 4.69) is 5.10 Å². The van der Waals surface area contributed by atoms with Crippen molar-refractivity contribution in [2.24, 2.45) is 0 Å². The van der Waals surface area contributed by atoms with Crippen LogP contribution in [0.4, 0.5) is 19.0 Å². The van der Waals surface area contributed by atoms with Gasteiger partial charge in [0.25, 0.3) is 0 Å². The molecule has 2 rings (SSSR count). The van der Waals surface area contributed by atoms with Gasteiger partial charge in [-0.2, -0.15) is 18.3 Å². The molecule has 96 valence electrons. The number of nitrogens with two attached hydrogens (primary N) is 1. The summed E-state index contributed by atoms with van der Waals surface area (Å²) in [6, 6.07) is 7.80. The first-order valence-corrected chi connectivity index (χ1v) is 5.88. The van der Waals surface area contributed by atoms with Crippen LogP contribution in [0.2, 0.25) is 0 Å². The van der Waals surface area contributed by atoms with E-state index in [0.29, 0.717) is 12.4 Å². The summed E-state index contributed by atoms with van der Waals surface area (Å²) in [4.78, 5) is 0.166. The van der Waals surface area contributed by atoms with E-state index in [0.717, 1.165) is 5.56 Å². The number of thioether (sulfide) groups is 1. The number of nitrogens with zero attached hydrogens (tertiary/aromatic N) is 2. The summed E-state index contributed by atoms with van der Waals surface area (Å²) in [7, 11) is 0. The number of nitrogen functional groups attached to an aromatic ring is 1. The van der Waals surface area contributed by atoms with Crippen molar-refractivity contribution in [3.05, 3.63) is 42.1 Å². The minimum Gasteiger partial charge on any atom is -0.384 e. The van der Waals surface area contributed by atoms with E-state index >= 15 is 0 Å². The van der Waals surface area contributed by atoms with Crippen LogP contribution in [-0.4, -0.2) is 15.3 Å². The molecule has 0 fully saturated rings. The Hall–Kier alpha value is -1.63. The number of rotatable bonds is 3. The number of anilines is 1. The van der Waals surface area contributed by atoms with Gasteiger partial charge in [0.05, 0.1) is 12.7 Å². The first-order chi connectivity index (χ1) is 8.44. The van der Waals surface area contributed by atoms with Gasteiger partial charge in [0, 0.05) is 4.90 Å². The molecule has 7 heteroatoms. The summed E-state index contributed by atoms with van der Waals surface area (Å²) >= 11 is -0.127. The Balaban J connectivity index is 2.06. The first kappa shape index (κ1) is 12.8.